The molecule has 0 aliphatic heterocycles. The maximum absolute atomic E-state index is 11.8. The van der Waals surface area contributed by atoms with Crippen LogP contribution in [0.15, 0.2) is 16.6 Å². The third-order valence-electron chi connectivity index (χ3n) is 2.20. The average molecular weight is 301 g/mol. The van der Waals surface area contributed by atoms with Crippen LogP contribution in [-0.4, -0.2) is 25.5 Å². The van der Waals surface area contributed by atoms with Gasteiger partial charge in [0.05, 0.1) is 18.2 Å². The van der Waals surface area contributed by atoms with Gasteiger partial charge in [0.1, 0.15) is 5.75 Å². The van der Waals surface area contributed by atoms with E-state index in [4.69, 9.17) is 4.74 Å². The number of hydrogen-bond acceptors (Lipinski definition) is 4. The lowest BCUT2D eigenvalue weighted by atomic mass is 10.0. The van der Waals surface area contributed by atoms with Gasteiger partial charge in [-0.3, -0.25) is 4.79 Å². The van der Waals surface area contributed by atoms with Crippen LogP contribution in [-0.2, 0) is 9.53 Å². The number of halogens is 1. The van der Waals surface area contributed by atoms with Crippen molar-refractivity contribution in [1.82, 2.24) is 0 Å². The first-order valence-corrected chi connectivity index (χ1v) is 5.86. The van der Waals surface area contributed by atoms with E-state index >= 15 is 0 Å². The third kappa shape index (κ3) is 3.06. The van der Waals surface area contributed by atoms with Gasteiger partial charge in [-0.1, -0.05) is 0 Å². The van der Waals surface area contributed by atoms with Gasteiger partial charge in [-0.25, -0.2) is 4.79 Å². The predicted octanol–water partition coefficient (Wildman–Crippen LogP) is 2.51. The minimum Gasteiger partial charge on any atom is -0.496 e. The number of aryl methyl sites for hydroxylation is 1. The highest BCUT2D eigenvalue weighted by Crippen LogP contribution is 2.28. The van der Waals surface area contributed by atoms with Crippen LogP contribution in [0.4, 0.5) is 0 Å². The quantitative estimate of drug-likeness (QED) is 0.487. The van der Waals surface area contributed by atoms with Gasteiger partial charge in [0.25, 0.3) is 5.78 Å². The number of methoxy groups -OCH3 is 1. The molecule has 0 aliphatic rings. The van der Waals surface area contributed by atoms with Crippen molar-refractivity contribution in [3.8, 4) is 5.75 Å². The highest BCUT2D eigenvalue weighted by Gasteiger charge is 2.20. The average Bonchev–Trinajstić information content (AvgIpc) is 2.31. The molecule has 0 fully saturated rings. The molecular weight excluding hydrogens is 288 g/mol. The zero-order valence-corrected chi connectivity index (χ0v) is 11.5. The lowest BCUT2D eigenvalue weighted by Gasteiger charge is -2.09. The molecule has 4 nitrogen and oxygen atoms in total. The normalized spacial score (nSPS) is 9.88. The summed E-state index contributed by atoms with van der Waals surface area (Å²) in [4.78, 5) is 23.1. The molecule has 0 amide bonds. The fraction of sp³-hybridized carbons (Fsp3) is 0.333. The van der Waals surface area contributed by atoms with E-state index < -0.39 is 11.8 Å². The largest absolute Gasteiger partial charge is 0.496 e. The zero-order valence-electron chi connectivity index (χ0n) is 9.87. The molecule has 0 N–H and O–H groups in total. The van der Waals surface area contributed by atoms with Gasteiger partial charge in [0.2, 0.25) is 0 Å². The second-order valence-corrected chi connectivity index (χ2v) is 4.21. The van der Waals surface area contributed by atoms with E-state index in [1.165, 1.54) is 7.11 Å². The maximum atomic E-state index is 11.8. The molecule has 0 unspecified atom stereocenters. The molecule has 1 rings (SSSR count). The van der Waals surface area contributed by atoms with Crippen molar-refractivity contribution >= 4 is 27.7 Å². The van der Waals surface area contributed by atoms with Gasteiger partial charge in [0.15, 0.2) is 0 Å². The van der Waals surface area contributed by atoms with E-state index in [1.54, 1.807) is 26.0 Å². The van der Waals surface area contributed by atoms with Gasteiger partial charge in [0, 0.05) is 5.56 Å². The summed E-state index contributed by atoms with van der Waals surface area (Å²) in [7, 11) is 1.53. The Balaban J connectivity index is 3.11. The van der Waals surface area contributed by atoms with Crippen LogP contribution >= 0.6 is 15.9 Å². The number of carbonyl (C=O) groups is 2. The maximum Gasteiger partial charge on any atom is 0.379 e. The van der Waals surface area contributed by atoms with E-state index in [2.05, 4.69) is 20.7 Å². The molecule has 0 aliphatic carbocycles. The van der Waals surface area contributed by atoms with E-state index in [9.17, 15) is 9.59 Å². The van der Waals surface area contributed by atoms with E-state index in [1.807, 2.05) is 0 Å². The highest BCUT2D eigenvalue weighted by atomic mass is 79.9. The Morgan fingerprint density at radius 1 is 1.35 bits per heavy atom. The number of ketones is 1. The Bertz CT molecular complexity index is 454. The van der Waals surface area contributed by atoms with Crippen LogP contribution in [0.2, 0.25) is 0 Å². The number of benzene rings is 1. The molecular formula is C12H13BrO4. The Kier molecular flexibility index (Phi) is 4.69. The smallest absolute Gasteiger partial charge is 0.379 e. The van der Waals surface area contributed by atoms with Crippen LogP contribution in [0.1, 0.15) is 22.8 Å². The Morgan fingerprint density at radius 2 is 2.00 bits per heavy atom. The van der Waals surface area contributed by atoms with Crippen molar-refractivity contribution in [2.75, 3.05) is 13.7 Å². The summed E-state index contributed by atoms with van der Waals surface area (Å²) < 4.78 is 10.4. The lowest BCUT2D eigenvalue weighted by Crippen LogP contribution is -2.18. The Hall–Kier alpha value is -1.36. The summed E-state index contributed by atoms with van der Waals surface area (Å²) in [6.45, 7) is 3.57. The first kappa shape index (κ1) is 13.7. The summed E-state index contributed by atoms with van der Waals surface area (Å²) >= 11 is 3.27. The number of rotatable bonds is 4. The third-order valence-corrected chi connectivity index (χ3v) is 2.82. The topological polar surface area (TPSA) is 52.6 Å². The van der Waals surface area contributed by atoms with Crippen molar-refractivity contribution in [3.63, 3.8) is 0 Å². The summed E-state index contributed by atoms with van der Waals surface area (Å²) in [5, 5.41) is 0. The molecule has 0 heterocycles. The second kappa shape index (κ2) is 5.82. The molecule has 0 radical (unpaired) electrons. The molecule has 0 saturated carbocycles. The summed E-state index contributed by atoms with van der Waals surface area (Å²) in [5.74, 6) is -0.872. The van der Waals surface area contributed by atoms with Crippen LogP contribution in [0, 0.1) is 6.92 Å². The first-order chi connectivity index (χ1) is 8.01. The fourth-order valence-electron chi connectivity index (χ4n) is 1.36. The number of hydrogen-bond donors (Lipinski definition) is 0. The van der Waals surface area contributed by atoms with Crippen molar-refractivity contribution in [3.05, 3.63) is 27.7 Å². The Morgan fingerprint density at radius 3 is 2.53 bits per heavy atom. The molecule has 0 atom stereocenters. The van der Waals surface area contributed by atoms with Gasteiger partial charge in [-0.2, -0.15) is 0 Å². The summed E-state index contributed by atoms with van der Waals surface area (Å²) in [6.07, 6.45) is 0. The van der Waals surface area contributed by atoms with Crippen molar-refractivity contribution in [2.45, 2.75) is 13.8 Å². The SMILES string of the molecule is CCOC(=O)C(=O)c1cc(Br)c(OC)cc1C. The van der Waals surface area contributed by atoms with Gasteiger partial charge >= 0.3 is 5.97 Å². The summed E-state index contributed by atoms with van der Waals surface area (Å²) in [6, 6.07) is 3.25. The van der Waals surface area contributed by atoms with Crippen LogP contribution in [0.25, 0.3) is 0 Å². The minimum atomic E-state index is -0.840. The number of Topliss-reactive ketones (excluding diaryl/α,β-unsaturated/α-hetero) is 1. The van der Waals surface area contributed by atoms with Crippen molar-refractivity contribution < 1.29 is 19.1 Å². The molecule has 0 aromatic heterocycles. The zero-order chi connectivity index (χ0) is 13.0. The van der Waals surface area contributed by atoms with Gasteiger partial charge in [-0.15, -0.1) is 0 Å². The molecule has 0 bridgehead atoms. The van der Waals surface area contributed by atoms with Crippen LogP contribution in [0.3, 0.4) is 0 Å². The number of ether oxygens (including phenoxy) is 2. The number of esters is 1. The predicted molar refractivity (Wildman–Crippen MR) is 66.4 cm³/mol. The molecule has 1 aromatic rings. The second-order valence-electron chi connectivity index (χ2n) is 3.35. The van der Waals surface area contributed by atoms with E-state index in [0.717, 1.165) is 0 Å². The highest BCUT2D eigenvalue weighted by molar-refractivity contribution is 9.10. The van der Waals surface area contributed by atoms with E-state index in [-0.39, 0.29) is 6.61 Å². The van der Waals surface area contributed by atoms with E-state index in [0.29, 0.717) is 21.3 Å². The van der Waals surface area contributed by atoms with Gasteiger partial charge in [-0.05, 0) is 47.5 Å². The first-order valence-electron chi connectivity index (χ1n) is 5.06. The van der Waals surface area contributed by atoms with Crippen molar-refractivity contribution in [2.24, 2.45) is 0 Å². The van der Waals surface area contributed by atoms with Crippen LogP contribution in [0.5, 0.6) is 5.75 Å². The molecule has 17 heavy (non-hydrogen) atoms. The molecule has 0 saturated heterocycles. The molecule has 92 valence electrons. The molecule has 1 aromatic carbocycles. The number of carbonyl (C=O) groups excluding carboxylic acids is 2. The lowest BCUT2D eigenvalue weighted by molar-refractivity contribution is -0.137. The van der Waals surface area contributed by atoms with Crippen LogP contribution < -0.4 is 4.74 Å². The van der Waals surface area contributed by atoms with Gasteiger partial charge < -0.3 is 9.47 Å². The standard InChI is InChI=1S/C12H13BrO4/c1-4-17-12(15)11(14)8-6-9(13)10(16-3)5-7(8)2/h5-6H,4H2,1-3H3. The molecule has 5 heteroatoms. The Labute approximate surface area is 108 Å². The van der Waals surface area contributed by atoms with Crippen molar-refractivity contribution in [1.29, 1.82) is 0 Å². The molecule has 0 spiro atoms. The monoisotopic (exact) mass is 300 g/mol. The fourth-order valence-corrected chi connectivity index (χ4v) is 1.87. The minimum absolute atomic E-state index is 0.181. The summed E-state index contributed by atoms with van der Waals surface area (Å²) in [5.41, 5.74) is 0.985.